The van der Waals surface area contributed by atoms with Gasteiger partial charge in [0.25, 0.3) is 0 Å². The van der Waals surface area contributed by atoms with E-state index in [-0.39, 0.29) is 23.4 Å². The maximum absolute atomic E-state index is 13.1. The summed E-state index contributed by atoms with van der Waals surface area (Å²) in [6.07, 6.45) is 10.5. The number of likely N-dealkylation sites (tertiary alicyclic amines) is 1. The van der Waals surface area contributed by atoms with E-state index in [2.05, 4.69) is 10.2 Å². The van der Waals surface area contributed by atoms with Crippen LogP contribution in [0.3, 0.4) is 0 Å². The number of ketones is 1. The third-order valence-corrected chi connectivity index (χ3v) is 8.36. The molecule has 1 N–H and O–H groups in total. The molecule has 0 spiro atoms. The number of halogens is 1. The second-order valence-electron chi connectivity index (χ2n) is 10.9. The van der Waals surface area contributed by atoms with Crippen LogP contribution in [-0.4, -0.2) is 56.0 Å². The van der Waals surface area contributed by atoms with Gasteiger partial charge in [-0.15, -0.1) is 0 Å². The first kappa shape index (κ1) is 25.3. The zero-order chi connectivity index (χ0) is 23.9. The molecule has 3 aliphatic rings. The molecule has 1 aliphatic heterocycles. The van der Waals surface area contributed by atoms with Gasteiger partial charge in [0.05, 0.1) is 0 Å². The molecule has 4 rings (SSSR count). The van der Waals surface area contributed by atoms with Crippen molar-refractivity contribution in [3.8, 4) is 0 Å². The molecule has 1 saturated heterocycles. The van der Waals surface area contributed by atoms with E-state index in [9.17, 15) is 14.0 Å². The molecule has 0 radical (unpaired) electrons. The Morgan fingerprint density at radius 2 is 1.65 bits per heavy atom. The molecule has 34 heavy (non-hydrogen) atoms. The van der Waals surface area contributed by atoms with Gasteiger partial charge in [-0.1, -0.05) is 0 Å². The summed E-state index contributed by atoms with van der Waals surface area (Å²) in [4.78, 5) is 27.6. The minimum Gasteiger partial charge on any atom is -0.384 e. The predicted molar refractivity (Wildman–Crippen MR) is 131 cm³/mol. The fourth-order valence-electron chi connectivity index (χ4n) is 6.19. The van der Waals surface area contributed by atoms with Gasteiger partial charge in [-0.3, -0.25) is 9.59 Å². The largest absolute Gasteiger partial charge is 0.384 e. The van der Waals surface area contributed by atoms with Crippen LogP contribution in [0.4, 0.5) is 4.39 Å². The van der Waals surface area contributed by atoms with E-state index >= 15 is 0 Å². The van der Waals surface area contributed by atoms with Gasteiger partial charge in [0, 0.05) is 37.7 Å². The SMILES string of the molecule is COC[C@H]1C[C@H](CC(=O)N[C@H]2CC[C@@H](CCN3CCC(C(=O)c4ccc(F)cc4)CC3)CC2)C1. The molecular formula is C28H41FN2O3. The van der Waals surface area contributed by atoms with Gasteiger partial charge in [0.15, 0.2) is 5.78 Å². The summed E-state index contributed by atoms with van der Waals surface area (Å²) >= 11 is 0. The van der Waals surface area contributed by atoms with E-state index in [1.807, 2.05) is 0 Å². The number of carbonyl (C=O) groups excluding carboxylic acids is 2. The molecule has 1 aromatic rings. The summed E-state index contributed by atoms with van der Waals surface area (Å²) < 4.78 is 18.3. The third kappa shape index (κ3) is 7.11. The van der Waals surface area contributed by atoms with Gasteiger partial charge in [-0.2, -0.15) is 0 Å². The molecule has 0 bridgehead atoms. The highest BCUT2D eigenvalue weighted by atomic mass is 19.1. The molecule has 1 amide bonds. The molecule has 1 heterocycles. The third-order valence-electron chi connectivity index (χ3n) is 8.36. The quantitative estimate of drug-likeness (QED) is 0.495. The monoisotopic (exact) mass is 472 g/mol. The maximum atomic E-state index is 13.1. The lowest BCUT2D eigenvalue weighted by Gasteiger charge is -2.36. The summed E-state index contributed by atoms with van der Waals surface area (Å²) in [5.41, 5.74) is 0.631. The number of benzene rings is 1. The minimum absolute atomic E-state index is 0.0616. The summed E-state index contributed by atoms with van der Waals surface area (Å²) in [7, 11) is 1.75. The molecule has 2 aliphatic carbocycles. The van der Waals surface area contributed by atoms with Crippen molar-refractivity contribution in [3.05, 3.63) is 35.6 Å². The number of ether oxygens (including phenoxy) is 1. The van der Waals surface area contributed by atoms with Gasteiger partial charge < -0.3 is 15.0 Å². The summed E-state index contributed by atoms with van der Waals surface area (Å²) in [6, 6.07) is 6.31. The van der Waals surface area contributed by atoms with Gasteiger partial charge in [-0.25, -0.2) is 4.39 Å². The van der Waals surface area contributed by atoms with Gasteiger partial charge in [0.1, 0.15) is 5.82 Å². The first-order valence-electron chi connectivity index (χ1n) is 13.3. The van der Waals surface area contributed by atoms with Crippen molar-refractivity contribution in [2.45, 2.75) is 70.3 Å². The topological polar surface area (TPSA) is 58.6 Å². The number of methoxy groups -OCH3 is 1. The molecule has 5 nitrogen and oxygen atoms in total. The lowest BCUT2D eigenvalue weighted by Crippen LogP contribution is -2.41. The first-order valence-corrected chi connectivity index (χ1v) is 13.3. The maximum Gasteiger partial charge on any atom is 0.220 e. The zero-order valence-electron chi connectivity index (χ0n) is 20.6. The molecular weight excluding hydrogens is 431 g/mol. The number of carbonyl (C=O) groups is 2. The van der Waals surface area contributed by atoms with Crippen LogP contribution in [0.15, 0.2) is 24.3 Å². The molecule has 6 heteroatoms. The first-order chi connectivity index (χ1) is 16.5. The van der Waals surface area contributed by atoms with E-state index in [0.717, 1.165) is 70.7 Å². The van der Waals surface area contributed by atoms with E-state index in [4.69, 9.17) is 4.74 Å². The van der Waals surface area contributed by atoms with E-state index < -0.39 is 0 Å². The zero-order valence-corrected chi connectivity index (χ0v) is 20.6. The molecule has 2 saturated carbocycles. The fourth-order valence-corrected chi connectivity index (χ4v) is 6.19. The summed E-state index contributed by atoms with van der Waals surface area (Å²) in [5, 5.41) is 3.29. The Morgan fingerprint density at radius 1 is 0.971 bits per heavy atom. The van der Waals surface area contributed by atoms with Crippen molar-refractivity contribution < 1.29 is 18.7 Å². The number of nitrogens with one attached hydrogen (secondary N) is 1. The lowest BCUT2D eigenvalue weighted by atomic mass is 9.73. The Kier molecular flexibility index (Phi) is 9.12. The second kappa shape index (κ2) is 12.3. The highest BCUT2D eigenvalue weighted by molar-refractivity contribution is 5.97. The lowest BCUT2D eigenvalue weighted by molar-refractivity contribution is -0.124. The molecule has 0 aromatic heterocycles. The van der Waals surface area contributed by atoms with E-state index in [1.165, 1.54) is 31.4 Å². The molecule has 3 fully saturated rings. The highest BCUT2D eigenvalue weighted by Crippen LogP contribution is 2.36. The van der Waals surface area contributed by atoms with E-state index in [0.29, 0.717) is 29.9 Å². The smallest absolute Gasteiger partial charge is 0.220 e. The average molecular weight is 473 g/mol. The van der Waals surface area contributed by atoms with Crippen molar-refractivity contribution in [2.24, 2.45) is 23.7 Å². The van der Waals surface area contributed by atoms with Crippen molar-refractivity contribution in [1.82, 2.24) is 10.2 Å². The van der Waals surface area contributed by atoms with Crippen LogP contribution < -0.4 is 5.32 Å². The van der Waals surface area contributed by atoms with Crippen LogP contribution in [-0.2, 0) is 9.53 Å². The van der Waals surface area contributed by atoms with Crippen LogP contribution >= 0.6 is 0 Å². The van der Waals surface area contributed by atoms with Gasteiger partial charge >= 0.3 is 0 Å². The predicted octanol–water partition coefficient (Wildman–Crippen LogP) is 4.85. The number of hydrogen-bond acceptors (Lipinski definition) is 4. The second-order valence-corrected chi connectivity index (χ2v) is 10.9. The van der Waals surface area contributed by atoms with Gasteiger partial charge in [0.2, 0.25) is 5.91 Å². The number of nitrogens with zero attached hydrogens (tertiary/aromatic N) is 1. The number of Topliss-reactive ketones (excluding diaryl/α,β-unsaturated/α-hetero) is 1. The molecule has 1 aromatic carbocycles. The van der Waals surface area contributed by atoms with Crippen LogP contribution in [0.5, 0.6) is 0 Å². The normalized spacial score (nSPS) is 28.3. The van der Waals surface area contributed by atoms with Crippen LogP contribution in [0, 0.1) is 29.5 Å². The van der Waals surface area contributed by atoms with Gasteiger partial charge in [-0.05, 0) is 119 Å². The Balaban J connectivity index is 1.07. The van der Waals surface area contributed by atoms with Crippen molar-refractivity contribution in [1.29, 1.82) is 0 Å². The Hall–Kier alpha value is -1.79. The fraction of sp³-hybridized carbons (Fsp3) is 0.714. The Bertz CT molecular complexity index is 792. The number of hydrogen-bond donors (Lipinski definition) is 1. The van der Waals surface area contributed by atoms with Crippen LogP contribution in [0.2, 0.25) is 0 Å². The Morgan fingerprint density at radius 3 is 2.29 bits per heavy atom. The van der Waals surface area contributed by atoms with Crippen LogP contribution in [0.1, 0.15) is 74.6 Å². The van der Waals surface area contributed by atoms with Crippen LogP contribution in [0.25, 0.3) is 0 Å². The van der Waals surface area contributed by atoms with Crippen molar-refractivity contribution in [3.63, 3.8) is 0 Å². The van der Waals surface area contributed by atoms with Crippen molar-refractivity contribution >= 4 is 11.7 Å². The standard InChI is InChI=1S/C28H41FN2O3/c1-34-19-22-16-21(17-22)18-27(32)30-26-8-2-20(3-9-26)10-13-31-14-11-24(12-15-31)28(33)23-4-6-25(29)7-5-23/h4-7,20-22,24,26H,2-3,8-19H2,1H3,(H,30,32)/t20-,21-,22-,26+. The molecule has 188 valence electrons. The number of amides is 1. The highest BCUT2D eigenvalue weighted by Gasteiger charge is 2.32. The Labute approximate surface area is 203 Å². The molecule has 0 atom stereocenters. The number of piperidine rings is 1. The number of rotatable bonds is 10. The minimum atomic E-state index is -0.298. The molecule has 0 unspecified atom stereocenters. The van der Waals surface area contributed by atoms with Crippen molar-refractivity contribution in [2.75, 3.05) is 33.4 Å². The average Bonchev–Trinajstić information content (AvgIpc) is 2.83. The summed E-state index contributed by atoms with van der Waals surface area (Å²) in [6.45, 7) is 3.86. The summed E-state index contributed by atoms with van der Waals surface area (Å²) in [5.74, 6) is 2.10. The van der Waals surface area contributed by atoms with E-state index in [1.54, 1.807) is 19.2 Å².